The second-order valence-electron chi connectivity index (χ2n) is 6.14. The van der Waals surface area contributed by atoms with Gasteiger partial charge >= 0.3 is 6.18 Å². The highest BCUT2D eigenvalue weighted by Gasteiger charge is 2.31. The maximum absolute atomic E-state index is 12.2. The zero-order valence-electron chi connectivity index (χ0n) is 15.8. The van der Waals surface area contributed by atoms with Gasteiger partial charge in [-0.1, -0.05) is 0 Å². The molecule has 0 unspecified atom stereocenters. The van der Waals surface area contributed by atoms with Gasteiger partial charge in [0.05, 0.1) is 6.54 Å². The maximum Gasteiger partial charge on any atom is 0.406 e. The van der Waals surface area contributed by atoms with Crippen LogP contribution in [-0.2, 0) is 4.79 Å². The van der Waals surface area contributed by atoms with Crippen LogP contribution in [0.25, 0.3) is 0 Å². The van der Waals surface area contributed by atoms with Crippen molar-refractivity contribution in [2.45, 2.75) is 46.0 Å². The third-order valence-corrected chi connectivity index (χ3v) is 3.46. The van der Waals surface area contributed by atoms with Crippen LogP contribution in [0.5, 0.6) is 0 Å². The molecular formula is C15H31F3IN5O. The Labute approximate surface area is 165 Å². The van der Waals surface area contributed by atoms with Crippen LogP contribution in [0, 0.1) is 0 Å². The van der Waals surface area contributed by atoms with E-state index in [1.54, 1.807) is 7.05 Å². The van der Waals surface area contributed by atoms with Gasteiger partial charge in [-0.25, -0.2) is 0 Å². The molecule has 0 aromatic carbocycles. The Morgan fingerprint density at radius 2 is 1.64 bits per heavy atom. The molecule has 0 spiro atoms. The monoisotopic (exact) mass is 481 g/mol. The normalized spacial score (nSPS) is 12.4. The number of hydrogen-bond acceptors (Lipinski definition) is 3. The fraction of sp³-hybridized carbons (Fsp3) is 0.867. The molecule has 0 bridgehead atoms. The van der Waals surface area contributed by atoms with E-state index in [1.807, 2.05) is 0 Å². The molecule has 0 heterocycles. The van der Waals surface area contributed by atoms with Crippen molar-refractivity contribution in [3.8, 4) is 0 Å². The van der Waals surface area contributed by atoms with E-state index < -0.39 is 18.6 Å². The maximum atomic E-state index is 12.2. The van der Waals surface area contributed by atoms with Crippen molar-refractivity contribution in [1.29, 1.82) is 0 Å². The summed E-state index contributed by atoms with van der Waals surface area (Å²) in [4.78, 5) is 18.6. The molecule has 0 atom stereocenters. The van der Waals surface area contributed by atoms with Gasteiger partial charge in [-0.2, -0.15) is 13.2 Å². The minimum absolute atomic E-state index is 0. The van der Waals surface area contributed by atoms with Crippen LogP contribution in [0.4, 0.5) is 13.2 Å². The number of halogens is 4. The van der Waals surface area contributed by atoms with E-state index in [0.29, 0.717) is 29.5 Å². The second kappa shape index (κ2) is 12.6. The molecule has 150 valence electrons. The van der Waals surface area contributed by atoms with Crippen molar-refractivity contribution in [3.05, 3.63) is 0 Å². The minimum Gasteiger partial charge on any atom is -0.355 e. The Balaban J connectivity index is 0. The quantitative estimate of drug-likeness (QED) is 0.316. The molecule has 0 radical (unpaired) electrons. The fourth-order valence-electron chi connectivity index (χ4n) is 2.29. The molecule has 0 aliphatic carbocycles. The van der Waals surface area contributed by atoms with Gasteiger partial charge in [0.25, 0.3) is 0 Å². The number of likely N-dealkylation sites (N-methyl/N-ethyl adjacent to an activating group) is 1. The lowest BCUT2D eigenvalue weighted by molar-refractivity contribution is -0.157. The summed E-state index contributed by atoms with van der Waals surface area (Å²) in [5.41, 5.74) is 0. The van der Waals surface area contributed by atoms with Gasteiger partial charge in [0.15, 0.2) is 5.96 Å². The van der Waals surface area contributed by atoms with Gasteiger partial charge in [-0.05, 0) is 27.7 Å². The first-order chi connectivity index (χ1) is 11.0. The molecule has 0 rings (SSSR count). The lowest BCUT2D eigenvalue weighted by atomic mass is 10.2. The third kappa shape index (κ3) is 12.2. The average Bonchev–Trinajstić information content (AvgIpc) is 2.43. The molecule has 0 aliphatic heterocycles. The summed E-state index contributed by atoms with van der Waals surface area (Å²) in [5, 5.41) is 5.79. The molecule has 0 saturated heterocycles. The number of carbonyl (C=O) groups excluding carboxylic acids is 1. The van der Waals surface area contributed by atoms with Gasteiger partial charge in [0.2, 0.25) is 5.91 Å². The number of nitrogens with one attached hydrogen (secondary N) is 2. The number of amides is 1. The van der Waals surface area contributed by atoms with E-state index >= 15 is 0 Å². The van der Waals surface area contributed by atoms with Crippen LogP contribution in [0.2, 0.25) is 0 Å². The van der Waals surface area contributed by atoms with Crippen molar-refractivity contribution in [3.63, 3.8) is 0 Å². The summed E-state index contributed by atoms with van der Waals surface area (Å²) < 4.78 is 36.7. The van der Waals surface area contributed by atoms with Crippen molar-refractivity contribution < 1.29 is 18.0 Å². The molecule has 0 aromatic heterocycles. The van der Waals surface area contributed by atoms with Gasteiger partial charge in [-0.15, -0.1) is 24.0 Å². The zero-order chi connectivity index (χ0) is 18.9. The lowest BCUT2D eigenvalue weighted by Crippen LogP contribution is -2.48. The lowest BCUT2D eigenvalue weighted by Gasteiger charge is -2.30. The van der Waals surface area contributed by atoms with Gasteiger partial charge in [0, 0.05) is 39.3 Å². The highest BCUT2D eigenvalue weighted by molar-refractivity contribution is 14.0. The Morgan fingerprint density at radius 1 is 1.12 bits per heavy atom. The largest absolute Gasteiger partial charge is 0.406 e. The number of aliphatic imine (C=N–C) groups is 1. The van der Waals surface area contributed by atoms with Crippen molar-refractivity contribution in [2.24, 2.45) is 4.99 Å². The molecule has 6 nitrogen and oxygen atoms in total. The number of hydrogen-bond donors (Lipinski definition) is 2. The molecule has 0 saturated carbocycles. The van der Waals surface area contributed by atoms with Crippen molar-refractivity contribution in [1.82, 2.24) is 20.4 Å². The highest BCUT2D eigenvalue weighted by atomic mass is 127. The van der Waals surface area contributed by atoms with Gasteiger partial charge in [-0.3, -0.25) is 14.7 Å². The number of alkyl halides is 3. The van der Waals surface area contributed by atoms with E-state index in [2.05, 4.69) is 48.2 Å². The van der Waals surface area contributed by atoms with E-state index in [4.69, 9.17) is 0 Å². The van der Waals surface area contributed by atoms with Gasteiger partial charge < -0.3 is 15.5 Å². The van der Waals surface area contributed by atoms with Crippen LogP contribution >= 0.6 is 24.0 Å². The number of rotatable bonds is 8. The van der Waals surface area contributed by atoms with Crippen LogP contribution in [0.1, 0.15) is 27.7 Å². The van der Waals surface area contributed by atoms with E-state index in [0.717, 1.165) is 13.6 Å². The predicted octanol–water partition coefficient (Wildman–Crippen LogP) is 1.91. The number of nitrogens with zero attached hydrogens (tertiary/aromatic N) is 3. The third-order valence-electron chi connectivity index (χ3n) is 3.46. The summed E-state index contributed by atoms with van der Waals surface area (Å²) in [7, 11) is 2.67. The average molecular weight is 481 g/mol. The standard InChI is InChI=1S/C15H30F3N5O.HI/c1-11(2)23(12(3)4)8-7-20-14(19-5)21-9-13(24)22(6)10-15(16,17)18;/h11-12H,7-10H2,1-6H3,(H2,19,20,21);1H. The predicted molar refractivity (Wildman–Crippen MR) is 105 cm³/mol. The molecule has 2 N–H and O–H groups in total. The first-order valence-corrected chi connectivity index (χ1v) is 7.99. The summed E-state index contributed by atoms with van der Waals surface area (Å²) in [6.07, 6.45) is -4.40. The van der Waals surface area contributed by atoms with Crippen molar-refractivity contribution >= 4 is 35.8 Å². The smallest absolute Gasteiger partial charge is 0.355 e. The second-order valence-corrected chi connectivity index (χ2v) is 6.14. The summed E-state index contributed by atoms with van der Waals surface area (Å²) in [6.45, 7) is 8.34. The molecular weight excluding hydrogens is 450 g/mol. The topological polar surface area (TPSA) is 60.0 Å². The Morgan fingerprint density at radius 3 is 2.04 bits per heavy atom. The first kappa shape index (κ1) is 26.4. The molecule has 10 heteroatoms. The number of carbonyl (C=O) groups is 1. The minimum atomic E-state index is -4.40. The first-order valence-electron chi connectivity index (χ1n) is 7.99. The molecule has 0 fully saturated rings. The highest BCUT2D eigenvalue weighted by Crippen LogP contribution is 2.15. The van der Waals surface area contributed by atoms with E-state index in [9.17, 15) is 18.0 Å². The Hall–Kier alpha value is -0.780. The van der Waals surface area contributed by atoms with Crippen LogP contribution in [0.15, 0.2) is 4.99 Å². The molecule has 25 heavy (non-hydrogen) atoms. The van der Waals surface area contributed by atoms with Crippen LogP contribution in [0.3, 0.4) is 0 Å². The van der Waals surface area contributed by atoms with E-state index in [1.165, 1.54) is 0 Å². The van der Waals surface area contributed by atoms with E-state index in [-0.39, 0.29) is 30.5 Å². The summed E-state index contributed by atoms with van der Waals surface area (Å²) in [6, 6.07) is 0.804. The van der Waals surface area contributed by atoms with Crippen LogP contribution < -0.4 is 10.6 Å². The van der Waals surface area contributed by atoms with Gasteiger partial charge in [0.1, 0.15) is 6.54 Å². The summed E-state index contributed by atoms with van der Waals surface area (Å²) >= 11 is 0. The Kier molecular flexibility index (Phi) is 13.3. The van der Waals surface area contributed by atoms with Crippen molar-refractivity contribution in [2.75, 3.05) is 40.3 Å². The molecule has 0 aromatic rings. The zero-order valence-corrected chi connectivity index (χ0v) is 18.1. The Bertz CT molecular complexity index is 408. The molecule has 1 amide bonds. The SMILES string of the molecule is CN=C(NCCN(C(C)C)C(C)C)NCC(=O)N(C)CC(F)(F)F.I. The number of guanidine groups is 1. The fourth-order valence-corrected chi connectivity index (χ4v) is 2.29. The summed E-state index contributed by atoms with van der Waals surface area (Å²) in [5.74, 6) is -0.266. The molecule has 0 aliphatic rings. The van der Waals surface area contributed by atoms with Crippen LogP contribution in [-0.4, -0.2) is 80.2 Å².